The quantitative estimate of drug-likeness (QED) is 0.751. The molecule has 0 saturated carbocycles. The minimum absolute atomic E-state index is 0.0336. The van der Waals surface area contributed by atoms with Crippen LogP contribution in [0.5, 0.6) is 0 Å². The number of ether oxygens (including phenoxy) is 1. The minimum atomic E-state index is -0.0336. The largest absolute Gasteiger partial charge is 0.371 e. The molecule has 1 fully saturated rings. The molecule has 1 aliphatic heterocycles. The molecule has 1 atom stereocenters. The molecule has 2 heterocycles. The van der Waals surface area contributed by atoms with Gasteiger partial charge < -0.3 is 10.1 Å². The topological polar surface area (TPSA) is 21.3 Å². The Morgan fingerprint density at radius 1 is 1.67 bits per heavy atom. The maximum Gasteiger partial charge on any atom is 0.115 e. The molecule has 0 amide bonds. The van der Waals surface area contributed by atoms with Gasteiger partial charge >= 0.3 is 0 Å². The van der Waals surface area contributed by atoms with E-state index in [2.05, 4.69) is 22.8 Å². The third-order valence-corrected chi connectivity index (χ3v) is 3.53. The van der Waals surface area contributed by atoms with Crippen molar-refractivity contribution in [2.75, 3.05) is 20.2 Å². The van der Waals surface area contributed by atoms with E-state index in [9.17, 15) is 0 Å². The van der Waals surface area contributed by atoms with E-state index >= 15 is 0 Å². The maximum atomic E-state index is 5.59. The van der Waals surface area contributed by atoms with Crippen molar-refractivity contribution in [1.29, 1.82) is 0 Å². The van der Waals surface area contributed by atoms with Gasteiger partial charge in [-0.25, -0.2) is 0 Å². The van der Waals surface area contributed by atoms with Crippen LogP contribution in [0.1, 0.15) is 11.3 Å². The molecule has 12 heavy (non-hydrogen) atoms. The smallest absolute Gasteiger partial charge is 0.115 e. The second-order valence-corrected chi connectivity index (χ2v) is 4.05. The number of nitrogens with one attached hydrogen (secondary N) is 1. The number of hydrogen-bond acceptors (Lipinski definition) is 3. The normalized spacial score (nSPS) is 29.4. The fraction of sp³-hybridized carbons (Fsp3) is 0.556. The van der Waals surface area contributed by atoms with Crippen LogP contribution in [0.15, 0.2) is 17.5 Å². The average Bonchev–Trinajstić information content (AvgIpc) is 2.76. The Balaban J connectivity index is 2.28. The van der Waals surface area contributed by atoms with Crippen molar-refractivity contribution in [3.63, 3.8) is 0 Å². The summed E-state index contributed by atoms with van der Waals surface area (Å²) < 4.78 is 5.59. The van der Waals surface area contributed by atoms with E-state index in [0.29, 0.717) is 0 Å². The second-order valence-electron chi connectivity index (χ2n) is 3.10. The minimum Gasteiger partial charge on any atom is -0.371 e. The molecule has 66 valence electrons. The van der Waals surface area contributed by atoms with Gasteiger partial charge in [0.2, 0.25) is 0 Å². The molecule has 1 unspecified atom stereocenters. The highest BCUT2D eigenvalue weighted by molar-refractivity contribution is 7.10. The lowest BCUT2D eigenvalue weighted by molar-refractivity contribution is 0.00640. The highest BCUT2D eigenvalue weighted by atomic mass is 32.1. The van der Waals surface area contributed by atoms with Crippen molar-refractivity contribution < 1.29 is 4.74 Å². The molecule has 0 aliphatic carbocycles. The third kappa shape index (κ3) is 1.18. The van der Waals surface area contributed by atoms with Crippen LogP contribution in [-0.2, 0) is 10.3 Å². The van der Waals surface area contributed by atoms with Gasteiger partial charge in [0.25, 0.3) is 0 Å². The van der Waals surface area contributed by atoms with E-state index in [1.165, 1.54) is 4.88 Å². The van der Waals surface area contributed by atoms with Crippen LogP contribution in [-0.4, -0.2) is 20.2 Å². The zero-order valence-corrected chi connectivity index (χ0v) is 7.99. The Morgan fingerprint density at radius 3 is 3.08 bits per heavy atom. The SMILES string of the molecule is COC1(c2cccs2)CCNC1. The Bertz CT molecular complexity index is 239. The van der Waals surface area contributed by atoms with Gasteiger partial charge in [-0.3, -0.25) is 0 Å². The van der Waals surface area contributed by atoms with Crippen molar-refractivity contribution in [3.8, 4) is 0 Å². The predicted molar refractivity (Wildman–Crippen MR) is 50.5 cm³/mol. The Labute approximate surface area is 76.6 Å². The molecule has 2 rings (SSSR count). The molecule has 2 nitrogen and oxygen atoms in total. The summed E-state index contributed by atoms with van der Waals surface area (Å²) in [5, 5.41) is 5.44. The van der Waals surface area contributed by atoms with Crippen molar-refractivity contribution in [1.82, 2.24) is 5.32 Å². The predicted octanol–water partition coefficient (Wildman–Crippen LogP) is 1.58. The fourth-order valence-corrected chi connectivity index (χ4v) is 2.63. The lowest BCUT2D eigenvalue weighted by Gasteiger charge is -2.24. The maximum absolute atomic E-state index is 5.59. The van der Waals surface area contributed by atoms with E-state index in [-0.39, 0.29) is 5.60 Å². The molecule has 1 N–H and O–H groups in total. The molecular formula is C9H13NOS. The van der Waals surface area contributed by atoms with Gasteiger partial charge in [-0.2, -0.15) is 0 Å². The molecule has 1 aromatic heterocycles. The van der Waals surface area contributed by atoms with Gasteiger partial charge in [0.15, 0.2) is 0 Å². The lowest BCUT2D eigenvalue weighted by Crippen LogP contribution is -2.29. The van der Waals surface area contributed by atoms with Crippen molar-refractivity contribution >= 4 is 11.3 Å². The first-order valence-corrected chi connectivity index (χ1v) is 5.05. The van der Waals surface area contributed by atoms with Crippen molar-refractivity contribution in [3.05, 3.63) is 22.4 Å². The van der Waals surface area contributed by atoms with Gasteiger partial charge in [-0.1, -0.05) is 6.07 Å². The standard InChI is InChI=1S/C9H13NOS/c1-11-9(4-5-10-7-9)8-3-2-6-12-8/h2-3,6,10H,4-5,7H2,1H3. The van der Waals surface area contributed by atoms with Gasteiger partial charge in [-0.15, -0.1) is 11.3 Å². The lowest BCUT2D eigenvalue weighted by atomic mass is 10.0. The fourth-order valence-electron chi connectivity index (χ4n) is 1.69. The van der Waals surface area contributed by atoms with Crippen LogP contribution in [0.4, 0.5) is 0 Å². The average molecular weight is 183 g/mol. The Kier molecular flexibility index (Phi) is 2.17. The molecule has 0 aromatic carbocycles. The van der Waals surface area contributed by atoms with Crippen molar-refractivity contribution in [2.45, 2.75) is 12.0 Å². The number of hydrogen-bond donors (Lipinski definition) is 1. The molecule has 3 heteroatoms. The highest BCUT2D eigenvalue weighted by Gasteiger charge is 2.36. The molecule has 0 bridgehead atoms. The summed E-state index contributed by atoms with van der Waals surface area (Å²) in [7, 11) is 1.80. The van der Waals surface area contributed by atoms with E-state index in [4.69, 9.17) is 4.74 Å². The van der Waals surface area contributed by atoms with E-state index in [1.54, 1.807) is 18.4 Å². The molecule has 0 radical (unpaired) electrons. The number of methoxy groups -OCH3 is 1. The zero-order valence-electron chi connectivity index (χ0n) is 7.17. The molecule has 0 spiro atoms. The first-order chi connectivity index (χ1) is 5.87. The summed E-state index contributed by atoms with van der Waals surface area (Å²) in [4.78, 5) is 1.34. The van der Waals surface area contributed by atoms with Gasteiger partial charge in [0.1, 0.15) is 5.60 Å². The first-order valence-electron chi connectivity index (χ1n) is 4.17. The van der Waals surface area contributed by atoms with Crippen molar-refractivity contribution in [2.24, 2.45) is 0 Å². The van der Waals surface area contributed by atoms with E-state index < -0.39 is 0 Å². The van der Waals surface area contributed by atoms with E-state index in [0.717, 1.165) is 19.5 Å². The summed E-state index contributed by atoms with van der Waals surface area (Å²) in [5.41, 5.74) is -0.0336. The molecular weight excluding hydrogens is 170 g/mol. The monoisotopic (exact) mass is 183 g/mol. The van der Waals surface area contributed by atoms with Crippen LogP contribution in [0, 0.1) is 0 Å². The summed E-state index contributed by atoms with van der Waals surface area (Å²) in [6, 6.07) is 4.24. The summed E-state index contributed by atoms with van der Waals surface area (Å²) in [6.45, 7) is 2.01. The van der Waals surface area contributed by atoms with Crippen LogP contribution < -0.4 is 5.32 Å². The Morgan fingerprint density at radius 2 is 2.58 bits per heavy atom. The summed E-state index contributed by atoms with van der Waals surface area (Å²) in [6.07, 6.45) is 1.09. The molecule has 1 aliphatic rings. The third-order valence-electron chi connectivity index (χ3n) is 2.48. The van der Waals surface area contributed by atoms with Crippen LogP contribution in [0.3, 0.4) is 0 Å². The van der Waals surface area contributed by atoms with Gasteiger partial charge in [0, 0.05) is 18.5 Å². The van der Waals surface area contributed by atoms with Crippen LogP contribution in [0.2, 0.25) is 0 Å². The first kappa shape index (κ1) is 8.23. The Hall–Kier alpha value is -0.380. The van der Waals surface area contributed by atoms with Gasteiger partial charge in [0.05, 0.1) is 0 Å². The molecule has 1 saturated heterocycles. The molecule has 1 aromatic rings. The number of thiophene rings is 1. The summed E-state index contributed by atoms with van der Waals surface area (Å²) >= 11 is 1.78. The van der Waals surface area contributed by atoms with E-state index in [1.807, 2.05) is 0 Å². The number of rotatable bonds is 2. The van der Waals surface area contributed by atoms with Crippen LogP contribution >= 0.6 is 11.3 Å². The zero-order chi connectivity index (χ0) is 8.44. The second kappa shape index (κ2) is 3.17. The highest BCUT2D eigenvalue weighted by Crippen LogP contribution is 2.34. The van der Waals surface area contributed by atoms with Gasteiger partial charge in [-0.05, 0) is 24.4 Å². The summed E-state index contributed by atoms with van der Waals surface area (Å²) in [5.74, 6) is 0. The van der Waals surface area contributed by atoms with Crippen LogP contribution in [0.25, 0.3) is 0 Å².